The number of hydrogen-bond acceptors (Lipinski definition) is 6. The SMILES string of the molecule is COC[C@@H](C)NC(=O)c1ccc(OCc2noc(C)n2)cc1. The number of methoxy groups -OCH3 is 1. The minimum absolute atomic E-state index is 0.0464. The second kappa shape index (κ2) is 7.56. The monoisotopic (exact) mass is 305 g/mol. The molecule has 0 saturated carbocycles. The van der Waals surface area contributed by atoms with Crippen LogP contribution < -0.4 is 10.1 Å². The van der Waals surface area contributed by atoms with Crippen molar-refractivity contribution in [3.8, 4) is 5.75 Å². The average Bonchev–Trinajstić information content (AvgIpc) is 2.91. The smallest absolute Gasteiger partial charge is 0.251 e. The highest BCUT2D eigenvalue weighted by molar-refractivity contribution is 5.94. The van der Waals surface area contributed by atoms with E-state index in [1.165, 1.54) is 0 Å². The number of ether oxygens (including phenoxy) is 2. The molecule has 1 aromatic heterocycles. The molecule has 1 amide bonds. The van der Waals surface area contributed by atoms with Gasteiger partial charge in [-0.2, -0.15) is 4.98 Å². The number of benzene rings is 1. The summed E-state index contributed by atoms with van der Waals surface area (Å²) in [6.07, 6.45) is 0. The lowest BCUT2D eigenvalue weighted by molar-refractivity contribution is 0.0905. The number of hydrogen-bond donors (Lipinski definition) is 1. The predicted molar refractivity (Wildman–Crippen MR) is 78.6 cm³/mol. The Labute approximate surface area is 128 Å². The Balaban J connectivity index is 1.88. The molecule has 0 unspecified atom stereocenters. The number of aromatic nitrogens is 2. The molecule has 0 radical (unpaired) electrons. The molecule has 0 aliphatic carbocycles. The highest BCUT2D eigenvalue weighted by Gasteiger charge is 2.10. The van der Waals surface area contributed by atoms with Crippen LogP contribution in [0.25, 0.3) is 0 Å². The van der Waals surface area contributed by atoms with Crippen molar-refractivity contribution in [3.05, 3.63) is 41.5 Å². The molecular weight excluding hydrogens is 286 g/mol. The van der Waals surface area contributed by atoms with E-state index in [2.05, 4.69) is 15.5 Å². The summed E-state index contributed by atoms with van der Waals surface area (Å²) < 4.78 is 15.4. The van der Waals surface area contributed by atoms with Crippen LogP contribution in [0.2, 0.25) is 0 Å². The minimum Gasteiger partial charge on any atom is -0.485 e. The number of amides is 1. The summed E-state index contributed by atoms with van der Waals surface area (Å²) in [5.41, 5.74) is 0.561. The van der Waals surface area contributed by atoms with Gasteiger partial charge in [0, 0.05) is 25.6 Å². The van der Waals surface area contributed by atoms with Crippen molar-refractivity contribution in [1.82, 2.24) is 15.5 Å². The number of aryl methyl sites for hydroxylation is 1. The standard InChI is InChI=1S/C15H19N3O4/c1-10(8-20-3)16-15(19)12-4-6-13(7-5-12)21-9-14-17-11(2)22-18-14/h4-7,10H,8-9H2,1-3H3,(H,16,19)/t10-/m1/s1. The van der Waals surface area contributed by atoms with Crippen LogP contribution in [0, 0.1) is 6.92 Å². The molecule has 7 nitrogen and oxygen atoms in total. The van der Waals surface area contributed by atoms with E-state index in [0.717, 1.165) is 0 Å². The van der Waals surface area contributed by atoms with Gasteiger partial charge in [0.15, 0.2) is 6.61 Å². The maximum absolute atomic E-state index is 12.0. The Kier molecular flexibility index (Phi) is 5.48. The number of nitrogens with one attached hydrogen (secondary N) is 1. The van der Waals surface area contributed by atoms with E-state index in [9.17, 15) is 4.79 Å². The Morgan fingerprint density at radius 3 is 2.68 bits per heavy atom. The number of rotatable bonds is 7. The predicted octanol–water partition coefficient (Wildman–Crippen LogP) is 1.72. The molecule has 0 bridgehead atoms. The zero-order valence-corrected chi connectivity index (χ0v) is 12.8. The van der Waals surface area contributed by atoms with Crippen LogP contribution in [0.1, 0.15) is 29.0 Å². The van der Waals surface area contributed by atoms with Crippen molar-refractivity contribution in [1.29, 1.82) is 0 Å². The number of nitrogens with zero attached hydrogens (tertiary/aromatic N) is 2. The van der Waals surface area contributed by atoms with Crippen LogP contribution in [0.3, 0.4) is 0 Å². The van der Waals surface area contributed by atoms with E-state index in [4.69, 9.17) is 14.0 Å². The van der Waals surface area contributed by atoms with Gasteiger partial charge in [-0.25, -0.2) is 0 Å². The molecule has 0 aliphatic heterocycles. The summed E-state index contributed by atoms with van der Waals surface area (Å²) in [6.45, 7) is 4.28. The van der Waals surface area contributed by atoms with Crippen LogP contribution >= 0.6 is 0 Å². The fraction of sp³-hybridized carbons (Fsp3) is 0.400. The van der Waals surface area contributed by atoms with Crippen molar-refractivity contribution in [2.24, 2.45) is 0 Å². The third kappa shape index (κ3) is 4.56. The molecule has 2 aromatic rings. The number of carbonyl (C=O) groups is 1. The average molecular weight is 305 g/mol. The normalized spacial score (nSPS) is 12.0. The van der Waals surface area contributed by atoms with Gasteiger partial charge in [-0.05, 0) is 31.2 Å². The van der Waals surface area contributed by atoms with Crippen molar-refractivity contribution >= 4 is 5.91 Å². The molecule has 1 heterocycles. The summed E-state index contributed by atoms with van der Waals surface area (Å²) >= 11 is 0. The van der Waals surface area contributed by atoms with Gasteiger partial charge in [-0.1, -0.05) is 5.16 Å². The lowest BCUT2D eigenvalue weighted by Crippen LogP contribution is -2.35. The lowest BCUT2D eigenvalue weighted by atomic mass is 10.2. The van der Waals surface area contributed by atoms with Crippen molar-refractivity contribution in [2.45, 2.75) is 26.5 Å². The Morgan fingerprint density at radius 1 is 1.36 bits per heavy atom. The third-order valence-corrected chi connectivity index (χ3v) is 2.85. The van der Waals surface area contributed by atoms with Gasteiger partial charge in [-0.3, -0.25) is 4.79 Å². The highest BCUT2D eigenvalue weighted by Crippen LogP contribution is 2.13. The van der Waals surface area contributed by atoms with Gasteiger partial charge in [0.1, 0.15) is 5.75 Å². The molecule has 118 valence electrons. The maximum atomic E-state index is 12.0. The van der Waals surface area contributed by atoms with Crippen LogP contribution in [0.5, 0.6) is 5.75 Å². The highest BCUT2D eigenvalue weighted by atomic mass is 16.5. The van der Waals surface area contributed by atoms with Crippen LogP contribution in [0.15, 0.2) is 28.8 Å². The summed E-state index contributed by atoms with van der Waals surface area (Å²) in [7, 11) is 1.60. The van der Waals surface area contributed by atoms with E-state index in [1.54, 1.807) is 38.3 Å². The van der Waals surface area contributed by atoms with E-state index in [0.29, 0.717) is 29.6 Å². The van der Waals surface area contributed by atoms with Crippen LogP contribution in [-0.2, 0) is 11.3 Å². The molecule has 0 spiro atoms. The van der Waals surface area contributed by atoms with Gasteiger partial charge >= 0.3 is 0 Å². The molecule has 7 heteroatoms. The zero-order chi connectivity index (χ0) is 15.9. The molecule has 1 atom stereocenters. The lowest BCUT2D eigenvalue weighted by Gasteiger charge is -2.12. The second-order valence-electron chi connectivity index (χ2n) is 4.87. The summed E-state index contributed by atoms with van der Waals surface area (Å²) in [4.78, 5) is 16.0. The maximum Gasteiger partial charge on any atom is 0.251 e. The third-order valence-electron chi connectivity index (χ3n) is 2.85. The molecule has 0 saturated heterocycles. The topological polar surface area (TPSA) is 86.5 Å². The van der Waals surface area contributed by atoms with Crippen molar-refractivity contribution in [2.75, 3.05) is 13.7 Å². The largest absolute Gasteiger partial charge is 0.485 e. The summed E-state index contributed by atoms with van der Waals surface area (Å²) in [5.74, 6) is 1.46. The Bertz CT molecular complexity index is 610. The number of carbonyl (C=O) groups excluding carboxylic acids is 1. The quantitative estimate of drug-likeness (QED) is 0.838. The molecular formula is C15H19N3O4. The fourth-order valence-corrected chi connectivity index (χ4v) is 1.85. The first kappa shape index (κ1) is 16.0. The van der Waals surface area contributed by atoms with Gasteiger partial charge in [0.05, 0.1) is 6.61 Å². The van der Waals surface area contributed by atoms with E-state index in [-0.39, 0.29) is 18.6 Å². The fourth-order valence-electron chi connectivity index (χ4n) is 1.85. The zero-order valence-electron chi connectivity index (χ0n) is 12.8. The first-order valence-electron chi connectivity index (χ1n) is 6.90. The van der Waals surface area contributed by atoms with E-state index < -0.39 is 0 Å². The van der Waals surface area contributed by atoms with Gasteiger partial charge in [0.25, 0.3) is 5.91 Å². The van der Waals surface area contributed by atoms with Gasteiger partial charge in [-0.15, -0.1) is 0 Å². The second-order valence-corrected chi connectivity index (χ2v) is 4.87. The summed E-state index contributed by atoms with van der Waals surface area (Å²) in [5, 5.41) is 6.58. The first-order chi connectivity index (χ1) is 10.6. The molecule has 22 heavy (non-hydrogen) atoms. The first-order valence-corrected chi connectivity index (χ1v) is 6.90. The summed E-state index contributed by atoms with van der Waals surface area (Å²) in [6, 6.07) is 6.80. The molecule has 1 N–H and O–H groups in total. The van der Waals surface area contributed by atoms with Crippen LogP contribution in [0.4, 0.5) is 0 Å². The molecule has 0 fully saturated rings. The Hall–Kier alpha value is -2.41. The van der Waals surface area contributed by atoms with Gasteiger partial charge < -0.3 is 19.3 Å². The molecule has 1 aromatic carbocycles. The van der Waals surface area contributed by atoms with Crippen molar-refractivity contribution < 1.29 is 18.8 Å². The molecule has 2 rings (SSSR count). The van der Waals surface area contributed by atoms with E-state index >= 15 is 0 Å². The minimum atomic E-state index is -0.148. The van der Waals surface area contributed by atoms with Crippen LogP contribution in [-0.4, -0.2) is 35.8 Å². The van der Waals surface area contributed by atoms with E-state index in [1.807, 2.05) is 6.92 Å². The Morgan fingerprint density at radius 2 is 2.09 bits per heavy atom. The van der Waals surface area contributed by atoms with Gasteiger partial charge in [0.2, 0.25) is 11.7 Å². The van der Waals surface area contributed by atoms with Crippen molar-refractivity contribution in [3.63, 3.8) is 0 Å². The molecule has 0 aliphatic rings.